The molecule has 0 heterocycles. The van der Waals surface area contributed by atoms with Crippen LogP contribution in [0.2, 0.25) is 0 Å². The van der Waals surface area contributed by atoms with Gasteiger partial charge in [0.2, 0.25) is 0 Å². The van der Waals surface area contributed by atoms with Crippen molar-refractivity contribution in [2.75, 3.05) is 0 Å². The molecule has 16 heavy (non-hydrogen) atoms. The SMILES string of the molecule is CC(C)CCC(NN)c1cc(Br)ccc1F. The van der Waals surface area contributed by atoms with Crippen LogP contribution in [0.15, 0.2) is 22.7 Å². The molecule has 0 saturated heterocycles. The van der Waals surface area contributed by atoms with Crippen LogP contribution in [-0.2, 0) is 0 Å². The van der Waals surface area contributed by atoms with Gasteiger partial charge in [-0.25, -0.2) is 4.39 Å². The molecule has 0 saturated carbocycles. The number of hydrogen-bond donors (Lipinski definition) is 2. The summed E-state index contributed by atoms with van der Waals surface area (Å²) in [6, 6.07) is 4.80. The lowest BCUT2D eigenvalue weighted by Crippen LogP contribution is -2.29. The van der Waals surface area contributed by atoms with Crippen molar-refractivity contribution in [2.45, 2.75) is 32.7 Å². The zero-order chi connectivity index (χ0) is 12.1. The van der Waals surface area contributed by atoms with E-state index >= 15 is 0 Å². The third kappa shape index (κ3) is 3.85. The molecule has 0 bridgehead atoms. The van der Waals surface area contributed by atoms with Crippen LogP contribution < -0.4 is 11.3 Å². The Balaban J connectivity index is 2.81. The van der Waals surface area contributed by atoms with E-state index < -0.39 is 0 Å². The highest BCUT2D eigenvalue weighted by Gasteiger charge is 2.15. The molecule has 1 rings (SSSR count). The Labute approximate surface area is 105 Å². The fourth-order valence-electron chi connectivity index (χ4n) is 1.61. The first-order valence-corrected chi connectivity index (χ1v) is 6.25. The number of halogens is 2. The van der Waals surface area contributed by atoms with Gasteiger partial charge in [0, 0.05) is 16.1 Å². The number of rotatable bonds is 5. The van der Waals surface area contributed by atoms with Gasteiger partial charge in [-0.15, -0.1) is 0 Å². The Morgan fingerprint density at radius 3 is 2.62 bits per heavy atom. The van der Waals surface area contributed by atoms with Crippen LogP contribution in [0.25, 0.3) is 0 Å². The average molecular weight is 289 g/mol. The number of nitrogens with two attached hydrogens (primary N) is 1. The molecular weight excluding hydrogens is 271 g/mol. The van der Waals surface area contributed by atoms with Gasteiger partial charge in [-0.3, -0.25) is 11.3 Å². The van der Waals surface area contributed by atoms with E-state index in [1.807, 2.05) is 0 Å². The Morgan fingerprint density at radius 1 is 1.38 bits per heavy atom. The van der Waals surface area contributed by atoms with Gasteiger partial charge in [0.15, 0.2) is 0 Å². The van der Waals surface area contributed by atoms with Crippen molar-refractivity contribution in [2.24, 2.45) is 11.8 Å². The zero-order valence-corrected chi connectivity index (χ0v) is 11.2. The largest absolute Gasteiger partial charge is 0.271 e. The highest BCUT2D eigenvalue weighted by atomic mass is 79.9. The van der Waals surface area contributed by atoms with Gasteiger partial charge >= 0.3 is 0 Å². The summed E-state index contributed by atoms with van der Waals surface area (Å²) in [5, 5.41) is 0. The summed E-state index contributed by atoms with van der Waals surface area (Å²) in [5.41, 5.74) is 3.30. The fourth-order valence-corrected chi connectivity index (χ4v) is 1.99. The molecule has 0 radical (unpaired) electrons. The summed E-state index contributed by atoms with van der Waals surface area (Å²) >= 11 is 3.34. The minimum Gasteiger partial charge on any atom is -0.271 e. The number of benzene rings is 1. The fraction of sp³-hybridized carbons (Fsp3) is 0.500. The third-order valence-electron chi connectivity index (χ3n) is 2.57. The van der Waals surface area contributed by atoms with E-state index in [4.69, 9.17) is 5.84 Å². The van der Waals surface area contributed by atoms with E-state index in [9.17, 15) is 4.39 Å². The summed E-state index contributed by atoms with van der Waals surface area (Å²) in [5.74, 6) is 5.85. The lowest BCUT2D eigenvalue weighted by atomic mass is 9.98. The van der Waals surface area contributed by atoms with Crippen LogP contribution in [0.1, 0.15) is 38.3 Å². The molecular formula is C12H18BrFN2. The maximum atomic E-state index is 13.6. The van der Waals surface area contributed by atoms with E-state index in [0.29, 0.717) is 11.5 Å². The third-order valence-corrected chi connectivity index (χ3v) is 3.06. The maximum absolute atomic E-state index is 13.6. The second-order valence-electron chi connectivity index (χ2n) is 4.36. The normalized spacial score (nSPS) is 13.1. The first kappa shape index (κ1) is 13.6. The lowest BCUT2D eigenvalue weighted by Gasteiger charge is -2.18. The predicted octanol–water partition coefficient (Wildman–Crippen LogP) is 3.53. The summed E-state index contributed by atoms with van der Waals surface area (Å²) in [7, 11) is 0. The molecule has 0 aliphatic carbocycles. The molecule has 3 N–H and O–H groups in total. The number of nitrogens with one attached hydrogen (secondary N) is 1. The van der Waals surface area contributed by atoms with E-state index in [-0.39, 0.29) is 11.9 Å². The van der Waals surface area contributed by atoms with Crippen LogP contribution in [-0.4, -0.2) is 0 Å². The van der Waals surface area contributed by atoms with E-state index in [1.165, 1.54) is 6.07 Å². The quantitative estimate of drug-likeness (QED) is 0.643. The number of hydrogen-bond acceptors (Lipinski definition) is 2. The molecule has 0 amide bonds. The molecule has 0 aliphatic heterocycles. The van der Waals surface area contributed by atoms with Crippen LogP contribution in [0.5, 0.6) is 0 Å². The van der Waals surface area contributed by atoms with E-state index in [0.717, 1.165) is 17.3 Å². The van der Waals surface area contributed by atoms with Gasteiger partial charge in [0.25, 0.3) is 0 Å². The minimum atomic E-state index is -0.213. The highest BCUT2D eigenvalue weighted by molar-refractivity contribution is 9.10. The minimum absolute atomic E-state index is 0.125. The average Bonchev–Trinajstić information content (AvgIpc) is 2.23. The van der Waals surface area contributed by atoms with Crippen LogP contribution >= 0.6 is 15.9 Å². The van der Waals surface area contributed by atoms with Gasteiger partial charge in [0.05, 0.1) is 0 Å². The first-order valence-electron chi connectivity index (χ1n) is 5.45. The van der Waals surface area contributed by atoms with Crippen LogP contribution in [0.4, 0.5) is 4.39 Å². The Morgan fingerprint density at radius 2 is 2.06 bits per heavy atom. The van der Waals surface area contributed by atoms with Crippen molar-refractivity contribution in [3.63, 3.8) is 0 Å². The smallest absolute Gasteiger partial charge is 0.128 e. The van der Waals surface area contributed by atoms with Gasteiger partial charge in [-0.1, -0.05) is 29.8 Å². The second-order valence-corrected chi connectivity index (χ2v) is 5.27. The molecule has 4 heteroatoms. The topological polar surface area (TPSA) is 38.0 Å². The van der Waals surface area contributed by atoms with Crippen molar-refractivity contribution >= 4 is 15.9 Å². The first-order chi connectivity index (χ1) is 7.54. The molecule has 0 spiro atoms. The number of hydrazine groups is 1. The predicted molar refractivity (Wildman–Crippen MR) is 68.2 cm³/mol. The maximum Gasteiger partial charge on any atom is 0.128 e. The summed E-state index contributed by atoms with van der Waals surface area (Å²) in [6.07, 6.45) is 1.85. The Hall–Kier alpha value is -0.450. The van der Waals surface area contributed by atoms with E-state index in [2.05, 4.69) is 35.2 Å². The van der Waals surface area contributed by atoms with Gasteiger partial charge in [-0.2, -0.15) is 0 Å². The molecule has 0 aromatic heterocycles. The van der Waals surface area contributed by atoms with Crippen molar-refractivity contribution < 1.29 is 4.39 Å². The molecule has 2 nitrogen and oxygen atoms in total. The molecule has 90 valence electrons. The van der Waals surface area contributed by atoms with Crippen molar-refractivity contribution in [3.8, 4) is 0 Å². The van der Waals surface area contributed by atoms with Crippen molar-refractivity contribution in [3.05, 3.63) is 34.1 Å². The van der Waals surface area contributed by atoms with Gasteiger partial charge < -0.3 is 0 Å². The lowest BCUT2D eigenvalue weighted by molar-refractivity contribution is 0.433. The van der Waals surface area contributed by atoms with Crippen LogP contribution in [0.3, 0.4) is 0 Å². The zero-order valence-electron chi connectivity index (χ0n) is 9.63. The summed E-state index contributed by atoms with van der Waals surface area (Å²) < 4.78 is 14.5. The molecule has 1 atom stereocenters. The highest BCUT2D eigenvalue weighted by Crippen LogP contribution is 2.25. The van der Waals surface area contributed by atoms with Crippen LogP contribution in [0, 0.1) is 11.7 Å². The Kier molecular flexibility index (Phi) is 5.38. The molecule has 0 fully saturated rings. The molecule has 1 unspecified atom stereocenters. The Bertz CT molecular complexity index is 342. The molecule has 1 aromatic rings. The van der Waals surface area contributed by atoms with Crippen molar-refractivity contribution in [1.82, 2.24) is 5.43 Å². The summed E-state index contributed by atoms with van der Waals surface area (Å²) in [6.45, 7) is 4.29. The molecule has 0 aliphatic rings. The second kappa shape index (κ2) is 6.33. The van der Waals surface area contributed by atoms with Crippen molar-refractivity contribution in [1.29, 1.82) is 0 Å². The monoisotopic (exact) mass is 288 g/mol. The van der Waals surface area contributed by atoms with E-state index in [1.54, 1.807) is 12.1 Å². The standard InChI is InChI=1S/C12H18BrFN2/c1-8(2)3-6-12(16-15)10-7-9(13)4-5-11(10)14/h4-5,7-8,12,16H,3,6,15H2,1-2H3. The molecule has 1 aromatic carbocycles. The summed E-state index contributed by atoms with van der Waals surface area (Å²) in [4.78, 5) is 0. The van der Waals surface area contributed by atoms with Gasteiger partial charge in [-0.05, 0) is 37.0 Å². The van der Waals surface area contributed by atoms with Gasteiger partial charge in [0.1, 0.15) is 5.82 Å².